The van der Waals surface area contributed by atoms with Gasteiger partial charge in [-0.15, -0.1) is 0 Å². The Morgan fingerprint density at radius 1 is 1.00 bits per heavy atom. The van der Waals surface area contributed by atoms with Gasteiger partial charge in [-0.1, -0.05) is 36.4 Å². The maximum absolute atomic E-state index is 12.9. The molecule has 17 heavy (non-hydrogen) atoms. The minimum absolute atomic E-state index is 0.198. The molecule has 0 aromatic heterocycles. The molecule has 0 radical (unpaired) electrons. The molecule has 88 valence electrons. The van der Waals surface area contributed by atoms with Crippen molar-refractivity contribution in [1.29, 1.82) is 0 Å². The minimum Gasteiger partial charge on any atom is -0.329 e. The number of rotatable bonds is 3. The van der Waals surface area contributed by atoms with E-state index >= 15 is 0 Å². The zero-order valence-electron chi connectivity index (χ0n) is 9.44. The Morgan fingerprint density at radius 3 is 2.29 bits per heavy atom. The first-order valence-electron chi connectivity index (χ1n) is 5.53. The lowest BCUT2D eigenvalue weighted by atomic mass is 9.95. The standard InChI is InChI=1S/C14H15FN2/c15-11-7-5-10(6-8-11)12-3-1-2-4-13(12)14(17)9-16/h1-8,14H,9,16-17H2/t14-/m1/s1. The summed E-state index contributed by atoms with van der Waals surface area (Å²) in [5.41, 5.74) is 14.5. The maximum Gasteiger partial charge on any atom is 0.123 e. The highest BCUT2D eigenvalue weighted by molar-refractivity contribution is 5.67. The van der Waals surface area contributed by atoms with Crippen molar-refractivity contribution in [2.24, 2.45) is 11.5 Å². The van der Waals surface area contributed by atoms with Gasteiger partial charge in [0.05, 0.1) is 0 Å². The molecule has 0 fully saturated rings. The van der Waals surface area contributed by atoms with E-state index in [2.05, 4.69) is 0 Å². The highest BCUT2D eigenvalue weighted by Crippen LogP contribution is 2.26. The number of hydrogen-bond donors (Lipinski definition) is 2. The zero-order valence-corrected chi connectivity index (χ0v) is 9.44. The molecule has 2 aromatic carbocycles. The van der Waals surface area contributed by atoms with Crippen molar-refractivity contribution < 1.29 is 4.39 Å². The molecule has 1 atom stereocenters. The molecule has 2 rings (SSSR count). The summed E-state index contributed by atoms with van der Waals surface area (Å²) < 4.78 is 12.9. The lowest BCUT2D eigenvalue weighted by Crippen LogP contribution is -2.21. The molecule has 0 heterocycles. The van der Waals surface area contributed by atoms with Crippen LogP contribution in [0.4, 0.5) is 4.39 Å². The molecular weight excluding hydrogens is 215 g/mol. The van der Waals surface area contributed by atoms with Crippen molar-refractivity contribution in [3.63, 3.8) is 0 Å². The van der Waals surface area contributed by atoms with Crippen LogP contribution in [0, 0.1) is 5.82 Å². The lowest BCUT2D eigenvalue weighted by Gasteiger charge is -2.14. The van der Waals surface area contributed by atoms with E-state index < -0.39 is 0 Å². The van der Waals surface area contributed by atoms with Crippen LogP contribution in [0.2, 0.25) is 0 Å². The summed E-state index contributed by atoms with van der Waals surface area (Å²) in [5, 5.41) is 0. The molecular formula is C14H15FN2. The fourth-order valence-corrected chi connectivity index (χ4v) is 1.84. The van der Waals surface area contributed by atoms with Crippen LogP contribution in [0.3, 0.4) is 0 Å². The summed E-state index contributed by atoms with van der Waals surface area (Å²) >= 11 is 0. The van der Waals surface area contributed by atoms with E-state index in [9.17, 15) is 4.39 Å². The third kappa shape index (κ3) is 2.52. The highest BCUT2D eigenvalue weighted by Gasteiger charge is 2.10. The minimum atomic E-state index is -0.241. The Morgan fingerprint density at radius 2 is 1.65 bits per heavy atom. The van der Waals surface area contributed by atoms with Gasteiger partial charge in [-0.3, -0.25) is 0 Å². The van der Waals surface area contributed by atoms with Gasteiger partial charge in [-0.25, -0.2) is 4.39 Å². The van der Waals surface area contributed by atoms with Crippen LogP contribution in [0.15, 0.2) is 48.5 Å². The van der Waals surface area contributed by atoms with Gasteiger partial charge in [0.25, 0.3) is 0 Å². The molecule has 0 saturated heterocycles. The van der Waals surface area contributed by atoms with Gasteiger partial charge < -0.3 is 11.5 Å². The Hall–Kier alpha value is -1.71. The second-order valence-electron chi connectivity index (χ2n) is 3.94. The molecule has 0 unspecified atom stereocenters. The molecule has 0 spiro atoms. The van der Waals surface area contributed by atoms with Crippen molar-refractivity contribution in [3.05, 3.63) is 59.9 Å². The van der Waals surface area contributed by atoms with Crippen LogP contribution in [-0.4, -0.2) is 6.54 Å². The van der Waals surface area contributed by atoms with Crippen LogP contribution in [0.1, 0.15) is 11.6 Å². The summed E-state index contributed by atoms with van der Waals surface area (Å²) in [5.74, 6) is -0.241. The first-order valence-corrected chi connectivity index (χ1v) is 5.53. The monoisotopic (exact) mass is 230 g/mol. The van der Waals surface area contributed by atoms with E-state index in [4.69, 9.17) is 11.5 Å². The van der Waals surface area contributed by atoms with E-state index in [-0.39, 0.29) is 11.9 Å². The molecule has 0 aliphatic carbocycles. The van der Waals surface area contributed by atoms with E-state index in [1.165, 1.54) is 12.1 Å². The Kier molecular flexibility index (Phi) is 3.52. The largest absolute Gasteiger partial charge is 0.329 e. The molecule has 0 bridgehead atoms. The third-order valence-corrected chi connectivity index (χ3v) is 2.77. The van der Waals surface area contributed by atoms with Crippen LogP contribution < -0.4 is 11.5 Å². The predicted molar refractivity (Wildman–Crippen MR) is 67.8 cm³/mol. The SMILES string of the molecule is NC[C@@H](N)c1ccccc1-c1ccc(F)cc1. The van der Waals surface area contributed by atoms with Gasteiger partial charge in [-0.2, -0.15) is 0 Å². The van der Waals surface area contributed by atoms with Gasteiger partial charge in [0.2, 0.25) is 0 Å². The van der Waals surface area contributed by atoms with Crippen molar-refractivity contribution in [2.45, 2.75) is 6.04 Å². The predicted octanol–water partition coefficient (Wildman–Crippen LogP) is 2.45. The average molecular weight is 230 g/mol. The van der Waals surface area contributed by atoms with Crippen molar-refractivity contribution in [3.8, 4) is 11.1 Å². The van der Waals surface area contributed by atoms with Gasteiger partial charge in [-0.05, 0) is 28.8 Å². The van der Waals surface area contributed by atoms with Gasteiger partial charge in [0.15, 0.2) is 0 Å². The Labute approximate surface area is 100 Å². The molecule has 2 nitrogen and oxygen atoms in total. The molecule has 3 heteroatoms. The molecule has 0 aliphatic rings. The van der Waals surface area contributed by atoms with Crippen LogP contribution in [0.5, 0.6) is 0 Å². The highest BCUT2D eigenvalue weighted by atomic mass is 19.1. The Balaban J connectivity index is 2.48. The first-order chi connectivity index (χ1) is 8.22. The van der Waals surface area contributed by atoms with Gasteiger partial charge >= 0.3 is 0 Å². The van der Waals surface area contributed by atoms with E-state index in [1.54, 1.807) is 12.1 Å². The number of nitrogens with two attached hydrogens (primary N) is 2. The Bertz CT molecular complexity index is 494. The van der Waals surface area contributed by atoms with Crippen molar-refractivity contribution >= 4 is 0 Å². The second-order valence-corrected chi connectivity index (χ2v) is 3.94. The zero-order chi connectivity index (χ0) is 12.3. The fourth-order valence-electron chi connectivity index (χ4n) is 1.84. The fraction of sp³-hybridized carbons (Fsp3) is 0.143. The number of benzene rings is 2. The number of hydrogen-bond acceptors (Lipinski definition) is 2. The topological polar surface area (TPSA) is 52.0 Å². The quantitative estimate of drug-likeness (QED) is 0.851. The summed E-state index contributed by atoms with van der Waals surface area (Å²) in [6, 6.07) is 14.0. The van der Waals surface area contributed by atoms with Gasteiger partial charge in [0, 0.05) is 12.6 Å². The average Bonchev–Trinajstić information content (AvgIpc) is 2.39. The van der Waals surface area contributed by atoms with Crippen LogP contribution >= 0.6 is 0 Å². The molecule has 2 aromatic rings. The van der Waals surface area contributed by atoms with Gasteiger partial charge in [0.1, 0.15) is 5.82 Å². The molecule has 4 N–H and O–H groups in total. The van der Waals surface area contributed by atoms with Crippen molar-refractivity contribution in [1.82, 2.24) is 0 Å². The molecule has 0 amide bonds. The maximum atomic E-state index is 12.9. The second kappa shape index (κ2) is 5.08. The molecule has 0 aliphatic heterocycles. The molecule has 0 saturated carbocycles. The summed E-state index contributed by atoms with van der Waals surface area (Å²) in [6.07, 6.45) is 0. The van der Waals surface area contributed by atoms with Crippen LogP contribution in [-0.2, 0) is 0 Å². The summed E-state index contributed by atoms with van der Waals surface area (Å²) in [6.45, 7) is 0.387. The summed E-state index contributed by atoms with van der Waals surface area (Å²) in [7, 11) is 0. The third-order valence-electron chi connectivity index (χ3n) is 2.77. The van der Waals surface area contributed by atoms with E-state index in [1.807, 2.05) is 24.3 Å². The first kappa shape index (κ1) is 11.8. The number of halogens is 1. The smallest absolute Gasteiger partial charge is 0.123 e. The normalized spacial score (nSPS) is 12.4. The van der Waals surface area contributed by atoms with E-state index in [0.29, 0.717) is 6.54 Å². The van der Waals surface area contributed by atoms with Crippen LogP contribution in [0.25, 0.3) is 11.1 Å². The lowest BCUT2D eigenvalue weighted by molar-refractivity contribution is 0.628. The van der Waals surface area contributed by atoms with Crippen molar-refractivity contribution in [2.75, 3.05) is 6.54 Å². The van der Waals surface area contributed by atoms with E-state index in [0.717, 1.165) is 16.7 Å². The summed E-state index contributed by atoms with van der Waals surface area (Å²) in [4.78, 5) is 0.